The van der Waals surface area contributed by atoms with Gasteiger partial charge in [0.05, 0.1) is 0 Å². The van der Waals surface area contributed by atoms with Crippen molar-refractivity contribution < 1.29 is 9.90 Å². The lowest BCUT2D eigenvalue weighted by molar-refractivity contribution is 0.0702. The third-order valence-corrected chi connectivity index (χ3v) is 4.40. The predicted octanol–water partition coefficient (Wildman–Crippen LogP) is 2.98. The van der Waals surface area contributed by atoms with E-state index < -0.39 is 5.97 Å². The zero-order valence-electron chi connectivity index (χ0n) is 9.81. The van der Waals surface area contributed by atoms with Crippen LogP contribution in [-0.4, -0.2) is 29.1 Å². The number of anilines is 1. The van der Waals surface area contributed by atoms with Gasteiger partial charge in [0.2, 0.25) is 0 Å². The number of carbonyl (C=O) groups is 1. The number of nitrogens with zero attached hydrogens (tertiary/aromatic N) is 2. The first-order valence-electron chi connectivity index (χ1n) is 5.62. The van der Waals surface area contributed by atoms with Gasteiger partial charge in [-0.05, 0) is 18.3 Å². The molecule has 1 aromatic rings. The minimum atomic E-state index is -1.00. The van der Waals surface area contributed by atoms with E-state index in [1.54, 1.807) is 0 Å². The number of hydrogen-bond donors (Lipinski definition) is 1. The van der Waals surface area contributed by atoms with Gasteiger partial charge in [-0.15, -0.1) is 0 Å². The van der Waals surface area contributed by atoms with Crippen LogP contribution in [0.1, 0.15) is 29.9 Å². The normalized spacial score (nSPS) is 25.0. The molecule has 1 fully saturated rings. The van der Waals surface area contributed by atoms with E-state index >= 15 is 0 Å². The summed E-state index contributed by atoms with van der Waals surface area (Å²) in [5.74, 6) is 0.210. The summed E-state index contributed by atoms with van der Waals surface area (Å²) in [7, 11) is 0. The van der Waals surface area contributed by atoms with Crippen molar-refractivity contribution in [2.75, 3.05) is 18.0 Å². The molecule has 0 spiro atoms. The molecule has 2 atom stereocenters. The van der Waals surface area contributed by atoms with E-state index in [1.165, 1.54) is 6.42 Å². The molecule has 1 N–H and O–H groups in total. The average molecular weight is 275 g/mol. The zero-order valence-corrected chi connectivity index (χ0v) is 11.4. The molecule has 1 saturated heterocycles. The molecule has 94 valence electrons. The van der Waals surface area contributed by atoms with Gasteiger partial charge in [0, 0.05) is 13.1 Å². The van der Waals surface area contributed by atoms with E-state index in [0.717, 1.165) is 29.6 Å². The van der Waals surface area contributed by atoms with Crippen LogP contribution < -0.4 is 4.90 Å². The zero-order chi connectivity index (χ0) is 12.6. The third kappa shape index (κ3) is 2.72. The highest BCUT2D eigenvalue weighted by molar-refractivity contribution is 7.18. The number of carboxylic acids is 1. The molecule has 0 bridgehead atoms. The molecule has 0 aromatic carbocycles. The number of rotatable bonds is 2. The highest BCUT2D eigenvalue weighted by Gasteiger charge is 2.26. The van der Waals surface area contributed by atoms with Gasteiger partial charge < -0.3 is 10.0 Å². The molecule has 0 amide bonds. The van der Waals surface area contributed by atoms with Gasteiger partial charge in [0.25, 0.3) is 0 Å². The van der Waals surface area contributed by atoms with Gasteiger partial charge in [0.1, 0.15) is 0 Å². The van der Waals surface area contributed by atoms with Gasteiger partial charge in [-0.25, -0.2) is 9.78 Å². The molecule has 0 radical (unpaired) electrons. The van der Waals surface area contributed by atoms with E-state index in [2.05, 4.69) is 23.7 Å². The summed E-state index contributed by atoms with van der Waals surface area (Å²) < 4.78 is 0. The molecule has 1 aromatic heterocycles. The first-order chi connectivity index (χ1) is 7.97. The van der Waals surface area contributed by atoms with Crippen molar-refractivity contribution >= 4 is 34.0 Å². The topological polar surface area (TPSA) is 53.4 Å². The van der Waals surface area contributed by atoms with Crippen molar-refractivity contribution in [3.8, 4) is 0 Å². The molecule has 1 aliphatic rings. The SMILES string of the molecule is CC1CC(C)CN(c2nc(Cl)c(C(=O)O)s2)C1. The molecular formula is C11H15ClN2O2S. The Bertz CT molecular complexity index is 425. The van der Waals surface area contributed by atoms with E-state index in [1.807, 2.05) is 0 Å². The summed E-state index contributed by atoms with van der Waals surface area (Å²) >= 11 is 6.99. The van der Waals surface area contributed by atoms with Crippen LogP contribution in [0.5, 0.6) is 0 Å². The Balaban J connectivity index is 2.22. The van der Waals surface area contributed by atoms with Crippen LogP contribution >= 0.6 is 22.9 Å². The second kappa shape index (κ2) is 4.82. The number of carboxylic acid groups (broad SMARTS) is 1. The fourth-order valence-electron chi connectivity index (χ4n) is 2.38. The Kier molecular flexibility index (Phi) is 3.58. The summed E-state index contributed by atoms with van der Waals surface area (Å²) in [6.07, 6.45) is 1.21. The van der Waals surface area contributed by atoms with Gasteiger partial charge in [-0.3, -0.25) is 0 Å². The molecule has 0 aliphatic carbocycles. The Labute approximate surface area is 109 Å². The maximum Gasteiger partial charge on any atom is 0.349 e. The molecular weight excluding hydrogens is 260 g/mol. The largest absolute Gasteiger partial charge is 0.477 e. The molecule has 0 saturated carbocycles. The summed E-state index contributed by atoms with van der Waals surface area (Å²) in [5, 5.41) is 9.78. The van der Waals surface area contributed by atoms with Crippen molar-refractivity contribution in [3.63, 3.8) is 0 Å². The highest BCUT2D eigenvalue weighted by Crippen LogP contribution is 2.33. The number of halogens is 1. The quantitative estimate of drug-likeness (QED) is 0.901. The van der Waals surface area contributed by atoms with Crippen LogP contribution in [0.2, 0.25) is 5.15 Å². The standard InChI is InChI=1S/C11H15ClN2O2S/c1-6-3-7(2)5-14(4-6)11-13-9(12)8(17-11)10(15)16/h6-7H,3-5H2,1-2H3,(H,15,16). The molecule has 1 aliphatic heterocycles. The number of aromatic carboxylic acids is 1. The summed E-state index contributed by atoms with van der Waals surface area (Å²) in [4.78, 5) is 17.3. The number of hydrogen-bond acceptors (Lipinski definition) is 4. The van der Waals surface area contributed by atoms with Gasteiger partial charge in [-0.1, -0.05) is 36.8 Å². The van der Waals surface area contributed by atoms with E-state index in [-0.39, 0.29) is 10.0 Å². The van der Waals surface area contributed by atoms with E-state index in [0.29, 0.717) is 11.8 Å². The first-order valence-corrected chi connectivity index (χ1v) is 6.81. The van der Waals surface area contributed by atoms with Crippen molar-refractivity contribution in [2.45, 2.75) is 20.3 Å². The van der Waals surface area contributed by atoms with Gasteiger partial charge in [-0.2, -0.15) is 0 Å². The predicted molar refractivity (Wildman–Crippen MR) is 69.2 cm³/mol. The third-order valence-electron chi connectivity index (χ3n) is 2.91. The second-order valence-corrected chi connectivity index (χ2v) is 6.11. The number of aromatic nitrogens is 1. The lowest BCUT2D eigenvalue weighted by atomic mass is 9.92. The van der Waals surface area contributed by atoms with E-state index in [9.17, 15) is 4.79 Å². The molecule has 2 unspecified atom stereocenters. The Hall–Kier alpha value is -0.810. The van der Waals surface area contributed by atoms with Crippen LogP contribution in [0.4, 0.5) is 5.13 Å². The Morgan fingerprint density at radius 3 is 2.53 bits per heavy atom. The molecule has 17 heavy (non-hydrogen) atoms. The summed E-state index contributed by atoms with van der Waals surface area (Å²) in [6, 6.07) is 0. The minimum Gasteiger partial charge on any atom is -0.477 e. The smallest absolute Gasteiger partial charge is 0.349 e. The molecule has 2 rings (SSSR count). The fourth-order valence-corrected chi connectivity index (χ4v) is 3.52. The Morgan fingerprint density at radius 2 is 2.06 bits per heavy atom. The van der Waals surface area contributed by atoms with E-state index in [4.69, 9.17) is 16.7 Å². The molecule has 2 heterocycles. The van der Waals surface area contributed by atoms with Crippen LogP contribution in [-0.2, 0) is 0 Å². The molecule has 4 nitrogen and oxygen atoms in total. The summed E-state index contributed by atoms with van der Waals surface area (Å²) in [5.41, 5.74) is 0. The van der Waals surface area contributed by atoms with Crippen molar-refractivity contribution in [1.82, 2.24) is 4.98 Å². The monoisotopic (exact) mass is 274 g/mol. The lowest BCUT2D eigenvalue weighted by Crippen LogP contribution is -2.38. The van der Waals surface area contributed by atoms with Crippen LogP contribution in [0.3, 0.4) is 0 Å². The highest BCUT2D eigenvalue weighted by atomic mass is 35.5. The lowest BCUT2D eigenvalue weighted by Gasteiger charge is -2.34. The summed E-state index contributed by atoms with van der Waals surface area (Å²) in [6.45, 7) is 6.26. The average Bonchev–Trinajstić information content (AvgIpc) is 2.59. The van der Waals surface area contributed by atoms with Crippen molar-refractivity contribution in [3.05, 3.63) is 10.0 Å². The van der Waals surface area contributed by atoms with Crippen LogP contribution in [0.15, 0.2) is 0 Å². The van der Waals surface area contributed by atoms with Crippen molar-refractivity contribution in [1.29, 1.82) is 0 Å². The first kappa shape index (κ1) is 12.6. The number of piperidine rings is 1. The maximum absolute atomic E-state index is 10.9. The van der Waals surface area contributed by atoms with Crippen LogP contribution in [0, 0.1) is 11.8 Å². The van der Waals surface area contributed by atoms with Crippen LogP contribution in [0.25, 0.3) is 0 Å². The van der Waals surface area contributed by atoms with Gasteiger partial charge in [0.15, 0.2) is 15.2 Å². The van der Waals surface area contributed by atoms with Crippen molar-refractivity contribution in [2.24, 2.45) is 11.8 Å². The van der Waals surface area contributed by atoms with Gasteiger partial charge >= 0.3 is 5.97 Å². The molecule has 6 heteroatoms. The Morgan fingerprint density at radius 1 is 1.47 bits per heavy atom. The maximum atomic E-state index is 10.9. The second-order valence-electron chi connectivity index (χ2n) is 4.77. The number of thiazole rings is 1. The fraction of sp³-hybridized carbons (Fsp3) is 0.636. The minimum absolute atomic E-state index is 0.100.